The molecule has 0 spiro atoms. The highest BCUT2D eigenvalue weighted by molar-refractivity contribution is 9.10. The lowest BCUT2D eigenvalue weighted by atomic mass is 10.3. The highest BCUT2D eigenvalue weighted by atomic mass is 79.9. The van der Waals surface area contributed by atoms with Crippen molar-refractivity contribution in [3.63, 3.8) is 0 Å². The Kier molecular flexibility index (Phi) is 5.56. The summed E-state index contributed by atoms with van der Waals surface area (Å²) in [4.78, 5) is 26.5. The van der Waals surface area contributed by atoms with Crippen molar-refractivity contribution in [1.82, 2.24) is 9.80 Å². The van der Waals surface area contributed by atoms with E-state index < -0.39 is 0 Å². The van der Waals surface area contributed by atoms with Crippen LogP contribution < -0.4 is 0 Å². The van der Waals surface area contributed by atoms with E-state index in [9.17, 15) is 9.59 Å². The van der Waals surface area contributed by atoms with Gasteiger partial charge in [-0.25, -0.2) is 0 Å². The Hall–Kier alpha value is -1.34. The molecule has 0 saturated carbocycles. The second kappa shape index (κ2) is 6.72. The molecule has 1 heterocycles. The lowest BCUT2D eigenvalue weighted by Gasteiger charge is -2.25. The quantitative estimate of drug-likeness (QED) is 0.871. The first kappa shape index (κ1) is 15.7. The molecule has 0 bridgehead atoms. The minimum atomic E-state index is -0.371. The zero-order valence-electron chi connectivity index (χ0n) is 11.1. The van der Waals surface area contributed by atoms with Crippen LogP contribution >= 0.6 is 15.9 Å². The molecule has 0 aromatic carbocycles. The van der Waals surface area contributed by atoms with Crippen LogP contribution in [0.3, 0.4) is 0 Å². The summed E-state index contributed by atoms with van der Waals surface area (Å²) in [5.74, 6) is -0.452. The largest absolute Gasteiger partial charge is 0.444 e. The maximum Gasteiger partial charge on any atom is 0.289 e. The molecule has 0 saturated heterocycles. The molecule has 0 radical (unpaired) electrons. The Morgan fingerprint density at radius 3 is 2.53 bits per heavy atom. The third-order valence-electron chi connectivity index (χ3n) is 2.82. The molecule has 106 valence electrons. The lowest BCUT2D eigenvalue weighted by Crippen LogP contribution is -2.44. The predicted octanol–water partition coefficient (Wildman–Crippen LogP) is 0.953. The molecule has 1 aromatic rings. The van der Waals surface area contributed by atoms with Crippen molar-refractivity contribution in [1.29, 1.82) is 0 Å². The molecule has 1 aromatic heterocycles. The van der Waals surface area contributed by atoms with Gasteiger partial charge in [-0.1, -0.05) is 0 Å². The number of carbonyl (C=O) groups is 2. The Morgan fingerprint density at radius 1 is 1.42 bits per heavy atom. The number of aliphatic hydroxyl groups is 1. The van der Waals surface area contributed by atoms with Gasteiger partial charge in [0.05, 0.1) is 19.2 Å². The number of hydrogen-bond acceptors (Lipinski definition) is 4. The fraction of sp³-hybridized carbons (Fsp3) is 0.500. The van der Waals surface area contributed by atoms with E-state index in [-0.39, 0.29) is 36.8 Å². The van der Waals surface area contributed by atoms with Crippen LogP contribution in [0.1, 0.15) is 17.5 Å². The van der Waals surface area contributed by atoms with Crippen LogP contribution in [0.4, 0.5) is 0 Å². The Bertz CT molecular complexity index is 460. The topological polar surface area (TPSA) is 74.0 Å². The summed E-state index contributed by atoms with van der Waals surface area (Å²) in [6, 6.07) is 2.87. The first-order valence-corrected chi connectivity index (χ1v) is 6.53. The van der Waals surface area contributed by atoms with E-state index in [1.807, 2.05) is 0 Å². The van der Waals surface area contributed by atoms with Crippen LogP contribution in [0.5, 0.6) is 0 Å². The van der Waals surface area contributed by atoms with Gasteiger partial charge in [-0.2, -0.15) is 0 Å². The zero-order chi connectivity index (χ0) is 14.6. The maximum atomic E-state index is 11.9. The van der Waals surface area contributed by atoms with Gasteiger partial charge >= 0.3 is 0 Å². The van der Waals surface area contributed by atoms with Crippen LogP contribution in [-0.4, -0.2) is 60.0 Å². The number of amides is 2. The molecule has 1 unspecified atom stereocenters. The van der Waals surface area contributed by atoms with Gasteiger partial charge in [-0.05, 0) is 35.0 Å². The van der Waals surface area contributed by atoms with Crippen LogP contribution in [0, 0.1) is 0 Å². The third-order valence-corrected chi connectivity index (χ3v) is 3.25. The molecule has 1 rings (SSSR count). The predicted molar refractivity (Wildman–Crippen MR) is 72.7 cm³/mol. The molecule has 2 amide bonds. The molecular weight excluding hydrogens is 316 g/mol. The molecule has 0 fully saturated rings. The van der Waals surface area contributed by atoms with Crippen molar-refractivity contribution in [2.45, 2.75) is 13.0 Å². The van der Waals surface area contributed by atoms with E-state index >= 15 is 0 Å². The number of likely N-dealkylation sites (N-methyl/N-ethyl adjacent to an activating group) is 2. The summed E-state index contributed by atoms with van der Waals surface area (Å²) in [6.45, 7) is 1.53. The highest BCUT2D eigenvalue weighted by Crippen LogP contribution is 2.15. The van der Waals surface area contributed by atoms with Gasteiger partial charge in [-0.3, -0.25) is 9.59 Å². The number of halogens is 1. The monoisotopic (exact) mass is 332 g/mol. The summed E-state index contributed by atoms with van der Waals surface area (Å²) < 4.78 is 5.60. The van der Waals surface area contributed by atoms with Crippen LogP contribution in [0.25, 0.3) is 0 Å². The summed E-state index contributed by atoms with van der Waals surface area (Å²) in [6.07, 6.45) is 0. The number of rotatable bonds is 5. The Balaban J connectivity index is 2.62. The summed E-state index contributed by atoms with van der Waals surface area (Å²) >= 11 is 3.11. The normalized spacial score (nSPS) is 12.1. The van der Waals surface area contributed by atoms with E-state index in [0.717, 1.165) is 0 Å². The number of hydrogen-bond donors (Lipinski definition) is 1. The molecule has 1 N–H and O–H groups in total. The molecule has 0 aliphatic carbocycles. The van der Waals surface area contributed by atoms with Gasteiger partial charge in [0.15, 0.2) is 10.4 Å². The van der Waals surface area contributed by atoms with E-state index in [4.69, 9.17) is 9.52 Å². The SMILES string of the molecule is CC(CO)N(C)C(=O)CN(C)C(=O)c1ccc(Br)o1. The van der Waals surface area contributed by atoms with Crippen molar-refractivity contribution in [2.75, 3.05) is 27.2 Å². The second-order valence-corrected chi connectivity index (χ2v) is 5.08. The number of nitrogens with zero attached hydrogens (tertiary/aromatic N) is 2. The number of aliphatic hydroxyl groups excluding tert-OH is 1. The smallest absolute Gasteiger partial charge is 0.289 e. The molecule has 0 aliphatic heterocycles. The van der Waals surface area contributed by atoms with Crippen molar-refractivity contribution in [3.05, 3.63) is 22.6 Å². The molecule has 0 aliphatic rings. The first-order valence-electron chi connectivity index (χ1n) is 5.74. The van der Waals surface area contributed by atoms with Gasteiger partial charge < -0.3 is 19.3 Å². The van der Waals surface area contributed by atoms with Crippen molar-refractivity contribution >= 4 is 27.7 Å². The first-order chi connectivity index (χ1) is 8.86. The minimum Gasteiger partial charge on any atom is -0.444 e. The molecule has 7 heteroatoms. The minimum absolute atomic E-state index is 0.0714. The van der Waals surface area contributed by atoms with E-state index in [0.29, 0.717) is 4.67 Å². The molecule has 6 nitrogen and oxygen atoms in total. The van der Waals surface area contributed by atoms with Crippen molar-refractivity contribution < 1.29 is 19.1 Å². The van der Waals surface area contributed by atoms with E-state index in [1.54, 1.807) is 20.0 Å². The van der Waals surface area contributed by atoms with Gasteiger partial charge in [-0.15, -0.1) is 0 Å². The van der Waals surface area contributed by atoms with Gasteiger partial charge in [0.1, 0.15) is 0 Å². The standard InChI is InChI=1S/C12H17BrN2O4/c1-8(7-16)15(3)11(17)6-14(2)12(18)9-4-5-10(13)19-9/h4-5,8,16H,6-7H2,1-3H3. The van der Waals surface area contributed by atoms with Gasteiger partial charge in [0.25, 0.3) is 5.91 Å². The number of carbonyl (C=O) groups excluding carboxylic acids is 2. The van der Waals surface area contributed by atoms with Crippen molar-refractivity contribution in [2.24, 2.45) is 0 Å². The molecular formula is C12H17BrN2O4. The highest BCUT2D eigenvalue weighted by Gasteiger charge is 2.21. The average Bonchev–Trinajstić information content (AvgIpc) is 2.82. The molecule has 19 heavy (non-hydrogen) atoms. The Labute approximate surface area is 120 Å². The van der Waals surface area contributed by atoms with Gasteiger partial charge in [0.2, 0.25) is 5.91 Å². The molecule has 1 atom stereocenters. The van der Waals surface area contributed by atoms with Gasteiger partial charge in [0, 0.05) is 14.1 Å². The average molecular weight is 333 g/mol. The second-order valence-electron chi connectivity index (χ2n) is 4.30. The summed E-state index contributed by atoms with van der Waals surface area (Å²) in [5.41, 5.74) is 0. The fourth-order valence-electron chi connectivity index (χ4n) is 1.37. The lowest BCUT2D eigenvalue weighted by molar-refractivity contribution is -0.132. The summed E-state index contributed by atoms with van der Waals surface area (Å²) in [5, 5.41) is 8.98. The van der Waals surface area contributed by atoms with Crippen molar-refractivity contribution in [3.8, 4) is 0 Å². The van der Waals surface area contributed by atoms with Crippen LogP contribution in [-0.2, 0) is 4.79 Å². The third kappa shape index (κ3) is 4.07. The number of furan rings is 1. The van der Waals surface area contributed by atoms with E-state index in [2.05, 4.69) is 15.9 Å². The van der Waals surface area contributed by atoms with Crippen LogP contribution in [0.2, 0.25) is 0 Å². The maximum absolute atomic E-state index is 11.9. The van der Waals surface area contributed by atoms with E-state index in [1.165, 1.54) is 22.9 Å². The zero-order valence-corrected chi connectivity index (χ0v) is 12.7. The fourth-order valence-corrected chi connectivity index (χ4v) is 1.68. The Morgan fingerprint density at radius 2 is 2.05 bits per heavy atom. The summed E-state index contributed by atoms with van der Waals surface area (Å²) in [7, 11) is 3.11. The van der Waals surface area contributed by atoms with Crippen LogP contribution in [0.15, 0.2) is 21.2 Å².